The average Bonchev–Trinajstić information content (AvgIpc) is 2.50. The number of carbonyl (C=O) groups is 1. The zero-order chi connectivity index (χ0) is 14.8. The molecule has 2 nitrogen and oxygen atoms in total. The summed E-state index contributed by atoms with van der Waals surface area (Å²) in [7, 11) is 0. The van der Waals surface area contributed by atoms with Gasteiger partial charge in [-0.3, -0.25) is 4.79 Å². The molecule has 1 heterocycles. The highest BCUT2D eigenvalue weighted by Gasteiger charge is 2.26. The Balaban J connectivity index is 1.87. The molecule has 0 spiro atoms. The number of carbonyl (C=O) groups excluding carboxylic acids is 1. The highest BCUT2D eigenvalue weighted by molar-refractivity contribution is 5.90. The van der Waals surface area contributed by atoms with Crippen LogP contribution in [0.4, 0.5) is 5.69 Å². The van der Waals surface area contributed by atoms with Gasteiger partial charge in [-0.25, -0.2) is 0 Å². The monoisotopic (exact) mass is 279 g/mol. The van der Waals surface area contributed by atoms with E-state index in [-0.39, 0.29) is 5.92 Å². The van der Waals surface area contributed by atoms with Crippen LogP contribution in [0.3, 0.4) is 0 Å². The molecule has 3 rings (SSSR count). The van der Waals surface area contributed by atoms with E-state index in [0.717, 1.165) is 24.2 Å². The molecular formula is C19H21NO. The summed E-state index contributed by atoms with van der Waals surface area (Å²) in [5.41, 5.74) is 5.89. The second-order valence-electron chi connectivity index (χ2n) is 5.87. The number of benzene rings is 2. The van der Waals surface area contributed by atoms with Crippen LogP contribution in [0.25, 0.3) is 0 Å². The van der Waals surface area contributed by atoms with Crippen LogP contribution in [0.15, 0.2) is 42.5 Å². The molecule has 0 fully saturated rings. The van der Waals surface area contributed by atoms with Crippen LogP contribution >= 0.6 is 0 Å². The summed E-state index contributed by atoms with van der Waals surface area (Å²) < 4.78 is 0. The highest BCUT2D eigenvalue weighted by atomic mass is 16.1. The van der Waals surface area contributed by atoms with E-state index in [1.54, 1.807) is 0 Å². The summed E-state index contributed by atoms with van der Waals surface area (Å²) >= 11 is 0. The van der Waals surface area contributed by atoms with E-state index >= 15 is 0 Å². The molecule has 2 aromatic carbocycles. The summed E-state index contributed by atoms with van der Waals surface area (Å²) in [6.07, 6.45) is 1.43. The first-order valence-corrected chi connectivity index (χ1v) is 7.57. The Labute approximate surface area is 126 Å². The lowest BCUT2D eigenvalue weighted by atomic mass is 9.84. The summed E-state index contributed by atoms with van der Waals surface area (Å²) in [5, 5.41) is 3.38. The molecule has 0 bridgehead atoms. The zero-order valence-electron chi connectivity index (χ0n) is 12.6. The van der Waals surface area contributed by atoms with Crippen molar-refractivity contribution in [1.29, 1.82) is 0 Å². The number of rotatable bonds is 3. The summed E-state index contributed by atoms with van der Waals surface area (Å²) in [4.78, 5) is 12.8. The average molecular weight is 279 g/mol. The maximum absolute atomic E-state index is 12.8. The van der Waals surface area contributed by atoms with Gasteiger partial charge in [-0.05, 0) is 48.6 Å². The standard InChI is InChI=1S/C19H21NO/c1-13-6-5-7-14(2)17(13)12-19(21)16-10-11-20-18-9-4-3-8-15(16)18/h3-9,16,20H,10-12H2,1-2H3. The van der Waals surface area contributed by atoms with Gasteiger partial charge < -0.3 is 5.32 Å². The Morgan fingerprint density at radius 2 is 1.81 bits per heavy atom. The van der Waals surface area contributed by atoms with Gasteiger partial charge in [-0.2, -0.15) is 0 Å². The van der Waals surface area contributed by atoms with Gasteiger partial charge in [0, 0.05) is 24.6 Å². The van der Waals surface area contributed by atoms with E-state index in [4.69, 9.17) is 0 Å². The van der Waals surface area contributed by atoms with Gasteiger partial charge in [-0.1, -0.05) is 36.4 Å². The number of anilines is 1. The van der Waals surface area contributed by atoms with Crippen LogP contribution < -0.4 is 5.32 Å². The smallest absolute Gasteiger partial charge is 0.144 e. The third-order valence-corrected chi connectivity index (χ3v) is 4.47. The minimum absolute atomic E-state index is 0.0291. The van der Waals surface area contributed by atoms with Gasteiger partial charge in [0.05, 0.1) is 0 Å². The maximum Gasteiger partial charge on any atom is 0.144 e. The largest absolute Gasteiger partial charge is 0.385 e. The lowest BCUT2D eigenvalue weighted by Gasteiger charge is -2.26. The van der Waals surface area contributed by atoms with Gasteiger partial charge in [0.15, 0.2) is 0 Å². The first-order chi connectivity index (χ1) is 10.2. The van der Waals surface area contributed by atoms with Crippen molar-refractivity contribution in [1.82, 2.24) is 0 Å². The fourth-order valence-corrected chi connectivity index (χ4v) is 3.23. The molecule has 1 N–H and O–H groups in total. The predicted octanol–water partition coefficient (Wildman–Crippen LogP) is 4.01. The molecule has 1 atom stereocenters. The van der Waals surface area contributed by atoms with Gasteiger partial charge >= 0.3 is 0 Å². The Hall–Kier alpha value is -2.09. The summed E-state index contributed by atoms with van der Waals surface area (Å²) in [6, 6.07) is 14.4. The second-order valence-corrected chi connectivity index (χ2v) is 5.87. The molecule has 0 aromatic heterocycles. The number of fused-ring (bicyclic) bond motifs is 1. The minimum Gasteiger partial charge on any atom is -0.385 e. The lowest BCUT2D eigenvalue weighted by Crippen LogP contribution is -2.24. The van der Waals surface area contributed by atoms with Crippen molar-refractivity contribution in [2.75, 3.05) is 11.9 Å². The third-order valence-electron chi connectivity index (χ3n) is 4.47. The second kappa shape index (κ2) is 5.72. The number of Topliss-reactive ketones (excluding diaryl/α,β-unsaturated/α-hetero) is 1. The molecule has 0 saturated carbocycles. The molecule has 1 unspecified atom stereocenters. The zero-order valence-corrected chi connectivity index (χ0v) is 12.6. The molecule has 21 heavy (non-hydrogen) atoms. The number of hydrogen-bond donors (Lipinski definition) is 1. The number of aryl methyl sites for hydroxylation is 2. The van der Waals surface area contributed by atoms with Gasteiger partial charge in [0.2, 0.25) is 0 Å². The van der Waals surface area contributed by atoms with Crippen LogP contribution in [-0.2, 0) is 11.2 Å². The fraction of sp³-hybridized carbons (Fsp3) is 0.316. The fourth-order valence-electron chi connectivity index (χ4n) is 3.23. The SMILES string of the molecule is Cc1cccc(C)c1CC(=O)C1CCNc2ccccc21. The van der Waals surface area contributed by atoms with E-state index in [1.807, 2.05) is 12.1 Å². The van der Waals surface area contributed by atoms with Crippen molar-refractivity contribution >= 4 is 11.5 Å². The van der Waals surface area contributed by atoms with Crippen LogP contribution in [0.1, 0.15) is 34.6 Å². The van der Waals surface area contributed by atoms with Gasteiger partial charge in [0.1, 0.15) is 5.78 Å². The predicted molar refractivity (Wildman–Crippen MR) is 86.9 cm³/mol. The van der Waals surface area contributed by atoms with E-state index in [0.29, 0.717) is 12.2 Å². The number of hydrogen-bond acceptors (Lipinski definition) is 2. The summed E-state index contributed by atoms with van der Waals surface area (Å²) in [6.45, 7) is 5.05. The van der Waals surface area contributed by atoms with Crippen molar-refractivity contribution < 1.29 is 4.79 Å². The Morgan fingerprint density at radius 1 is 1.10 bits per heavy atom. The molecule has 2 heteroatoms. The third kappa shape index (κ3) is 2.71. The molecule has 2 aromatic rings. The number of para-hydroxylation sites is 1. The van der Waals surface area contributed by atoms with E-state index in [2.05, 4.69) is 49.5 Å². The first-order valence-electron chi connectivity index (χ1n) is 7.57. The molecule has 1 aliphatic rings. The highest BCUT2D eigenvalue weighted by Crippen LogP contribution is 2.33. The topological polar surface area (TPSA) is 29.1 Å². The molecule has 0 amide bonds. The van der Waals surface area contributed by atoms with E-state index < -0.39 is 0 Å². The van der Waals surface area contributed by atoms with Crippen LogP contribution in [0.2, 0.25) is 0 Å². The minimum atomic E-state index is 0.0291. The Bertz CT molecular complexity index is 655. The van der Waals surface area contributed by atoms with Crippen molar-refractivity contribution in [2.45, 2.75) is 32.6 Å². The van der Waals surface area contributed by atoms with Gasteiger partial charge in [0.25, 0.3) is 0 Å². The van der Waals surface area contributed by atoms with Crippen LogP contribution in [0.5, 0.6) is 0 Å². The molecule has 0 radical (unpaired) electrons. The lowest BCUT2D eigenvalue weighted by molar-refractivity contribution is -0.120. The summed E-state index contributed by atoms with van der Waals surface area (Å²) in [5.74, 6) is 0.364. The van der Waals surface area contributed by atoms with Crippen LogP contribution in [0, 0.1) is 13.8 Å². The molecule has 108 valence electrons. The Kier molecular flexibility index (Phi) is 3.78. The van der Waals surface area contributed by atoms with Crippen molar-refractivity contribution in [2.24, 2.45) is 0 Å². The van der Waals surface area contributed by atoms with Crippen molar-refractivity contribution in [3.8, 4) is 0 Å². The van der Waals surface area contributed by atoms with E-state index in [1.165, 1.54) is 16.7 Å². The van der Waals surface area contributed by atoms with Crippen molar-refractivity contribution in [3.63, 3.8) is 0 Å². The molecular weight excluding hydrogens is 258 g/mol. The van der Waals surface area contributed by atoms with Gasteiger partial charge in [-0.15, -0.1) is 0 Å². The maximum atomic E-state index is 12.8. The number of ketones is 1. The Morgan fingerprint density at radius 3 is 2.57 bits per heavy atom. The molecule has 0 aliphatic carbocycles. The van der Waals surface area contributed by atoms with E-state index in [9.17, 15) is 4.79 Å². The first kappa shape index (κ1) is 13.9. The molecule has 1 aliphatic heterocycles. The normalized spacial score (nSPS) is 17.0. The number of nitrogens with one attached hydrogen (secondary N) is 1. The quantitative estimate of drug-likeness (QED) is 0.919. The van der Waals surface area contributed by atoms with Crippen LogP contribution in [-0.4, -0.2) is 12.3 Å². The molecule has 0 saturated heterocycles. The van der Waals surface area contributed by atoms with Crippen molar-refractivity contribution in [3.05, 3.63) is 64.7 Å².